The van der Waals surface area contributed by atoms with Gasteiger partial charge in [-0.2, -0.15) is 0 Å². The zero-order valence-corrected chi connectivity index (χ0v) is 10.1. The molecule has 0 saturated heterocycles. The minimum atomic E-state index is 0.247. The average Bonchev–Trinajstić information content (AvgIpc) is 2.97. The van der Waals surface area contributed by atoms with Crippen molar-refractivity contribution in [2.45, 2.75) is 18.0 Å². The van der Waals surface area contributed by atoms with E-state index in [4.69, 9.17) is 14.6 Å². The lowest BCUT2D eigenvalue weighted by molar-refractivity contribution is 0.465. The van der Waals surface area contributed by atoms with Gasteiger partial charge < -0.3 is 14.6 Å². The van der Waals surface area contributed by atoms with Crippen molar-refractivity contribution in [1.82, 2.24) is 0 Å². The lowest BCUT2D eigenvalue weighted by atomic mass is 10.2. The Hall–Kier alpha value is -1.26. The van der Waals surface area contributed by atoms with Crippen LogP contribution in [-0.2, 0) is 0 Å². The molecule has 0 atom stereocenters. The maximum Gasteiger partial charge on any atom is 0.111 e. The van der Waals surface area contributed by atoms with Crippen molar-refractivity contribution < 1.29 is 8.83 Å². The van der Waals surface area contributed by atoms with Gasteiger partial charge in [0.15, 0.2) is 0 Å². The molecule has 3 nitrogen and oxygen atoms in total. The van der Waals surface area contributed by atoms with E-state index in [0.717, 1.165) is 40.0 Å². The Balaban J connectivity index is 2.08. The molecular formula is C12H15NO2Si. The summed E-state index contributed by atoms with van der Waals surface area (Å²) in [4.78, 5) is 0. The van der Waals surface area contributed by atoms with Crippen molar-refractivity contribution in [2.75, 3.05) is 6.54 Å². The molecule has 2 N–H and O–H groups in total. The second-order valence-electron chi connectivity index (χ2n) is 3.56. The Morgan fingerprint density at radius 1 is 1.12 bits per heavy atom. The Labute approximate surface area is 97.5 Å². The fourth-order valence-electron chi connectivity index (χ4n) is 1.60. The molecule has 2 aromatic rings. The van der Waals surface area contributed by atoms with E-state index in [2.05, 4.69) is 0 Å². The molecule has 0 saturated carbocycles. The van der Waals surface area contributed by atoms with E-state index in [-0.39, 0.29) is 5.54 Å². The van der Waals surface area contributed by atoms with Crippen molar-refractivity contribution in [3.63, 3.8) is 0 Å². The first-order chi connectivity index (χ1) is 7.92. The van der Waals surface area contributed by atoms with Crippen molar-refractivity contribution in [2.24, 2.45) is 5.73 Å². The molecule has 0 aliphatic carbocycles. The molecule has 0 aliphatic rings. The van der Waals surface area contributed by atoms with Crippen LogP contribution in [0.3, 0.4) is 0 Å². The van der Waals surface area contributed by atoms with E-state index >= 15 is 0 Å². The zero-order chi connectivity index (χ0) is 11.2. The Bertz CT molecular complexity index is 349. The molecule has 2 heterocycles. The van der Waals surface area contributed by atoms with Crippen LogP contribution in [0.5, 0.6) is 0 Å². The van der Waals surface area contributed by atoms with Crippen LogP contribution in [0, 0.1) is 0 Å². The zero-order valence-electron chi connectivity index (χ0n) is 9.06. The second kappa shape index (κ2) is 5.72. The summed E-state index contributed by atoms with van der Waals surface area (Å²) >= 11 is 0. The Morgan fingerprint density at radius 3 is 2.19 bits per heavy atom. The van der Waals surface area contributed by atoms with Gasteiger partial charge in [-0.05, 0) is 37.2 Å². The molecule has 2 aromatic heterocycles. The Kier molecular flexibility index (Phi) is 4.01. The van der Waals surface area contributed by atoms with Crippen LogP contribution in [0.15, 0.2) is 45.6 Å². The molecule has 4 heteroatoms. The molecule has 0 spiro atoms. The molecule has 0 unspecified atom stereocenters. The summed E-state index contributed by atoms with van der Waals surface area (Å²) in [7, 11) is 0.751. The summed E-state index contributed by atoms with van der Waals surface area (Å²) in [6.07, 6.45) is 4.47. The summed E-state index contributed by atoms with van der Waals surface area (Å²) < 4.78 is 10.9. The third-order valence-corrected chi connectivity index (χ3v) is 4.00. The molecule has 2 radical (unpaired) electrons. The fourth-order valence-corrected chi connectivity index (χ4v) is 3.03. The molecular weight excluding hydrogens is 218 g/mol. The highest BCUT2D eigenvalue weighted by Crippen LogP contribution is 2.25. The van der Waals surface area contributed by atoms with Crippen molar-refractivity contribution in [3.8, 4) is 0 Å². The SMILES string of the molecule is NCCC[Si]C(c1ccco1)c1ccco1. The van der Waals surface area contributed by atoms with Gasteiger partial charge in [-0.25, -0.2) is 0 Å². The topological polar surface area (TPSA) is 52.3 Å². The number of hydrogen-bond acceptors (Lipinski definition) is 3. The van der Waals surface area contributed by atoms with Crippen molar-refractivity contribution >= 4 is 9.52 Å². The van der Waals surface area contributed by atoms with E-state index in [0.29, 0.717) is 0 Å². The maximum absolute atomic E-state index is 5.51. The van der Waals surface area contributed by atoms with Crippen LogP contribution >= 0.6 is 0 Å². The molecule has 84 valence electrons. The summed E-state index contributed by atoms with van der Waals surface area (Å²) in [6, 6.07) is 8.95. The van der Waals surface area contributed by atoms with Crippen molar-refractivity contribution in [1.29, 1.82) is 0 Å². The van der Waals surface area contributed by atoms with Gasteiger partial charge in [0.05, 0.1) is 27.6 Å². The molecule has 2 rings (SSSR count). The summed E-state index contributed by atoms with van der Waals surface area (Å²) in [5, 5.41) is 0. The van der Waals surface area contributed by atoms with Gasteiger partial charge in [-0.3, -0.25) is 0 Å². The number of nitrogens with two attached hydrogens (primary N) is 1. The minimum Gasteiger partial charge on any atom is -0.469 e. The number of rotatable bonds is 6. The minimum absolute atomic E-state index is 0.247. The summed E-state index contributed by atoms with van der Waals surface area (Å²) in [6.45, 7) is 0.746. The monoisotopic (exact) mass is 233 g/mol. The highest BCUT2D eigenvalue weighted by Gasteiger charge is 2.19. The smallest absolute Gasteiger partial charge is 0.111 e. The van der Waals surface area contributed by atoms with Crippen LogP contribution in [0.1, 0.15) is 23.5 Å². The molecule has 0 amide bonds. The quantitative estimate of drug-likeness (QED) is 0.616. The average molecular weight is 233 g/mol. The third-order valence-electron chi connectivity index (χ3n) is 2.38. The van der Waals surface area contributed by atoms with Gasteiger partial charge in [0.1, 0.15) is 11.5 Å². The van der Waals surface area contributed by atoms with Gasteiger partial charge in [0.25, 0.3) is 0 Å². The molecule has 0 aliphatic heterocycles. The highest BCUT2D eigenvalue weighted by atomic mass is 28.2. The predicted octanol–water partition coefficient (Wildman–Crippen LogP) is 2.43. The van der Waals surface area contributed by atoms with Crippen LogP contribution in [0.2, 0.25) is 6.04 Å². The van der Waals surface area contributed by atoms with Gasteiger partial charge >= 0.3 is 0 Å². The van der Waals surface area contributed by atoms with Crippen molar-refractivity contribution in [3.05, 3.63) is 48.3 Å². The first-order valence-electron chi connectivity index (χ1n) is 5.42. The normalized spacial score (nSPS) is 11.1. The van der Waals surface area contributed by atoms with Crippen LogP contribution < -0.4 is 5.73 Å². The Morgan fingerprint density at radius 2 is 1.75 bits per heavy atom. The van der Waals surface area contributed by atoms with E-state index in [1.807, 2.05) is 24.3 Å². The summed E-state index contributed by atoms with van der Waals surface area (Å²) in [5.41, 5.74) is 5.76. The van der Waals surface area contributed by atoms with Gasteiger partial charge in [-0.1, -0.05) is 6.04 Å². The van der Waals surface area contributed by atoms with E-state index < -0.39 is 0 Å². The van der Waals surface area contributed by atoms with Crippen LogP contribution in [0.25, 0.3) is 0 Å². The highest BCUT2D eigenvalue weighted by molar-refractivity contribution is 6.38. The largest absolute Gasteiger partial charge is 0.469 e. The van der Waals surface area contributed by atoms with Gasteiger partial charge in [0, 0.05) is 0 Å². The third kappa shape index (κ3) is 2.65. The molecule has 0 aromatic carbocycles. The van der Waals surface area contributed by atoms with E-state index in [1.165, 1.54) is 0 Å². The molecule has 0 fully saturated rings. The second-order valence-corrected chi connectivity index (χ2v) is 5.05. The van der Waals surface area contributed by atoms with Crippen LogP contribution in [-0.4, -0.2) is 16.1 Å². The summed E-state index contributed by atoms with van der Waals surface area (Å²) in [5.74, 6) is 1.95. The van der Waals surface area contributed by atoms with Crippen LogP contribution in [0.4, 0.5) is 0 Å². The predicted molar refractivity (Wildman–Crippen MR) is 63.5 cm³/mol. The van der Waals surface area contributed by atoms with Gasteiger partial charge in [0.2, 0.25) is 0 Å². The lowest BCUT2D eigenvalue weighted by Gasteiger charge is -2.10. The molecule has 0 bridgehead atoms. The molecule has 16 heavy (non-hydrogen) atoms. The number of furan rings is 2. The lowest BCUT2D eigenvalue weighted by Crippen LogP contribution is -2.10. The maximum atomic E-state index is 5.51. The standard InChI is InChI=1S/C12H15NO2Si/c13-6-3-9-16-12(10-4-1-7-14-10)11-5-2-8-15-11/h1-2,4-5,7-8,12H,3,6,9,13H2. The first kappa shape index (κ1) is 11.2. The van der Waals surface area contributed by atoms with E-state index in [1.54, 1.807) is 12.5 Å². The fraction of sp³-hybridized carbons (Fsp3) is 0.333. The van der Waals surface area contributed by atoms with E-state index in [9.17, 15) is 0 Å². The number of hydrogen-bond donors (Lipinski definition) is 1. The first-order valence-corrected chi connectivity index (χ1v) is 6.70. The van der Waals surface area contributed by atoms with Gasteiger partial charge in [-0.15, -0.1) is 0 Å².